The summed E-state index contributed by atoms with van der Waals surface area (Å²) in [6.45, 7) is 9.00. The largest absolute Gasteiger partial charge is 0.480 e. The first-order valence-corrected chi connectivity index (χ1v) is 9.85. The van der Waals surface area contributed by atoms with Crippen LogP contribution in [0.2, 0.25) is 0 Å². The van der Waals surface area contributed by atoms with E-state index in [-0.39, 0.29) is 24.1 Å². The monoisotopic (exact) mass is 391 g/mol. The molecule has 0 aliphatic carbocycles. The van der Waals surface area contributed by atoms with Crippen LogP contribution >= 0.6 is 0 Å². The number of carboxylic acid groups (broad SMARTS) is 1. The Kier molecular flexibility index (Phi) is 7.83. The van der Waals surface area contributed by atoms with E-state index in [2.05, 4.69) is 50.4 Å². The predicted octanol–water partition coefficient (Wildman–Crippen LogP) is 2.30. The van der Waals surface area contributed by atoms with Gasteiger partial charge < -0.3 is 20.1 Å². The topological polar surface area (TPSA) is 82.1 Å². The number of rotatable bonds is 8. The molecule has 2 N–H and O–H groups in total. The molecule has 1 aliphatic rings. The summed E-state index contributed by atoms with van der Waals surface area (Å²) in [6, 6.07) is 8.28. The summed E-state index contributed by atoms with van der Waals surface area (Å²) >= 11 is 0. The number of hydrogen-bond acceptors (Lipinski definition) is 4. The van der Waals surface area contributed by atoms with Crippen molar-refractivity contribution in [2.75, 3.05) is 39.8 Å². The number of benzene rings is 1. The van der Waals surface area contributed by atoms with Gasteiger partial charge in [-0.2, -0.15) is 0 Å². The lowest BCUT2D eigenvalue weighted by Crippen LogP contribution is -2.52. The molecule has 28 heavy (non-hydrogen) atoms. The molecule has 2 amide bonds. The number of ether oxygens (including phenoxy) is 1. The fourth-order valence-electron chi connectivity index (χ4n) is 3.22. The average Bonchev–Trinajstić information content (AvgIpc) is 2.66. The van der Waals surface area contributed by atoms with Crippen molar-refractivity contribution in [2.45, 2.75) is 45.3 Å². The fraction of sp³-hybridized carbons (Fsp3) is 0.619. The Morgan fingerprint density at radius 1 is 1.32 bits per heavy atom. The Hall–Kier alpha value is -2.12. The zero-order chi connectivity index (χ0) is 20.7. The van der Waals surface area contributed by atoms with Gasteiger partial charge in [-0.3, -0.25) is 9.69 Å². The fourth-order valence-corrected chi connectivity index (χ4v) is 3.22. The normalized spacial score (nSPS) is 17.6. The number of urea groups is 1. The zero-order valence-corrected chi connectivity index (χ0v) is 17.4. The maximum atomic E-state index is 12.5. The molecular formula is C21H33N3O4. The van der Waals surface area contributed by atoms with Crippen LogP contribution in [0.3, 0.4) is 0 Å². The second kappa shape index (κ2) is 9.89. The quantitative estimate of drug-likeness (QED) is 0.711. The van der Waals surface area contributed by atoms with E-state index in [0.717, 1.165) is 12.0 Å². The van der Waals surface area contributed by atoms with Crippen LogP contribution < -0.4 is 5.32 Å². The van der Waals surface area contributed by atoms with Crippen LogP contribution in [0, 0.1) is 0 Å². The SMILES string of the molecule is CCC(C)(C)c1ccc(CNC(=O)N2CCOC(CN(C)CC(=O)O)C2)cc1. The number of amides is 2. The van der Waals surface area contributed by atoms with Crippen LogP contribution in [0.15, 0.2) is 24.3 Å². The minimum Gasteiger partial charge on any atom is -0.480 e. The molecule has 1 atom stereocenters. The van der Waals surface area contributed by atoms with Crippen molar-refractivity contribution >= 4 is 12.0 Å². The molecule has 1 aromatic carbocycles. The molecule has 1 aliphatic heterocycles. The van der Waals surface area contributed by atoms with E-state index in [1.54, 1.807) is 16.8 Å². The zero-order valence-electron chi connectivity index (χ0n) is 17.4. The van der Waals surface area contributed by atoms with Gasteiger partial charge in [0, 0.05) is 26.2 Å². The molecule has 0 bridgehead atoms. The van der Waals surface area contributed by atoms with Crippen molar-refractivity contribution < 1.29 is 19.4 Å². The van der Waals surface area contributed by atoms with Crippen molar-refractivity contribution in [1.29, 1.82) is 0 Å². The second-order valence-electron chi connectivity index (χ2n) is 8.12. The Morgan fingerprint density at radius 2 is 2.00 bits per heavy atom. The number of likely N-dealkylation sites (N-methyl/N-ethyl adjacent to an activating group) is 1. The van der Waals surface area contributed by atoms with E-state index in [1.165, 1.54) is 5.56 Å². The molecule has 7 heteroatoms. The minimum atomic E-state index is -0.874. The molecular weight excluding hydrogens is 358 g/mol. The van der Waals surface area contributed by atoms with Crippen molar-refractivity contribution in [3.05, 3.63) is 35.4 Å². The van der Waals surface area contributed by atoms with Gasteiger partial charge in [-0.1, -0.05) is 45.0 Å². The van der Waals surface area contributed by atoms with Gasteiger partial charge in [-0.25, -0.2) is 4.79 Å². The van der Waals surface area contributed by atoms with E-state index in [1.807, 2.05) is 0 Å². The molecule has 0 saturated carbocycles. The third-order valence-corrected chi connectivity index (χ3v) is 5.41. The van der Waals surface area contributed by atoms with Crippen LogP contribution in [-0.4, -0.2) is 72.8 Å². The van der Waals surface area contributed by atoms with Gasteiger partial charge >= 0.3 is 12.0 Å². The van der Waals surface area contributed by atoms with Gasteiger partial charge in [0.25, 0.3) is 0 Å². The Morgan fingerprint density at radius 3 is 2.61 bits per heavy atom. The number of nitrogens with one attached hydrogen (secondary N) is 1. The Bertz CT molecular complexity index is 660. The smallest absolute Gasteiger partial charge is 0.317 e. The summed E-state index contributed by atoms with van der Waals surface area (Å²) in [5, 5.41) is 11.8. The molecule has 1 saturated heterocycles. The average molecular weight is 392 g/mol. The number of aliphatic carboxylic acids is 1. The van der Waals surface area contributed by atoms with Crippen molar-refractivity contribution in [2.24, 2.45) is 0 Å². The molecule has 156 valence electrons. The second-order valence-corrected chi connectivity index (χ2v) is 8.12. The highest BCUT2D eigenvalue weighted by molar-refractivity contribution is 5.74. The van der Waals surface area contributed by atoms with E-state index >= 15 is 0 Å². The number of carboxylic acids is 1. The van der Waals surface area contributed by atoms with Crippen molar-refractivity contribution in [3.8, 4) is 0 Å². The highest BCUT2D eigenvalue weighted by atomic mass is 16.5. The van der Waals surface area contributed by atoms with E-state index in [4.69, 9.17) is 9.84 Å². The van der Waals surface area contributed by atoms with Crippen LogP contribution in [0.1, 0.15) is 38.3 Å². The van der Waals surface area contributed by atoms with E-state index in [9.17, 15) is 9.59 Å². The first kappa shape index (κ1) is 22.2. The molecule has 0 aromatic heterocycles. The van der Waals surface area contributed by atoms with E-state index < -0.39 is 5.97 Å². The molecule has 1 unspecified atom stereocenters. The van der Waals surface area contributed by atoms with Crippen LogP contribution in [0.5, 0.6) is 0 Å². The number of carbonyl (C=O) groups is 2. The van der Waals surface area contributed by atoms with E-state index in [0.29, 0.717) is 32.8 Å². The van der Waals surface area contributed by atoms with Gasteiger partial charge in [0.2, 0.25) is 0 Å². The molecule has 0 spiro atoms. The van der Waals surface area contributed by atoms with Gasteiger partial charge in [0.1, 0.15) is 0 Å². The third kappa shape index (κ3) is 6.49. The first-order valence-electron chi connectivity index (χ1n) is 9.85. The van der Waals surface area contributed by atoms with Gasteiger partial charge in [-0.05, 0) is 30.0 Å². The van der Waals surface area contributed by atoms with Gasteiger partial charge in [0.05, 0.1) is 19.3 Å². The first-order chi connectivity index (χ1) is 13.2. The Balaban J connectivity index is 1.83. The summed E-state index contributed by atoms with van der Waals surface area (Å²) in [6.07, 6.45) is 0.891. The molecule has 1 aromatic rings. The van der Waals surface area contributed by atoms with Gasteiger partial charge in [0.15, 0.2) is 0 Å². The lowest BCUT2D eigenvalue weighted by molar-refractivity contribution is -0.138. The van der Waals surface area contributed by atoms with Crippen LogP contribution in [-0.2, 0) is 21.5 Å². The summed E-state index contributed by atoms with van der Waals surface area (Å²) < 4.78 is 5.67. The number of hydrogen-bond donors (Lipinski definition) is 2. The van der Waals surface area contributed by atoms with Crippen molar-refractivity contribution in [3.63, 3.8) is 0 Å². The molecule has 2 rings (SSSR count). The molecule has 0 radical (unpaired) electrons. The summed E-state index contributed by atoms with van der Waals surface area (Å²) in [5.41, 5.74) is 2.51. The highest BCUT2D eigenvalue weighted by Crippen LogP contribution is 2.26. The van der Waals surface area contributed by atoms with Crippen molar-refractivity contribution in [1.82, 2.24) is 15.1 Å². The maximum absolute atomic E-state index is 12.5. The summed E-state index contributed by atoms with van der Waals surface area (Å²) in [5.74, 6) is -0.874. The minimum absolute atomic E-state index is 0.0448. The van der Waals surface area contributed by atoms with Gasteiger partial charge in [-0.15, -0.1) is 0 Å². The molecule has 7 nitrogen and oxygen atoms in total. The number of nitrogens with zero attached hydrogens (tertiary/aromatic N) is 2. The maximum Gasteiger partial charge on any atom is 0.317 e. The molecule has 1 heterocycles. The highest BCUT2D eigenvalue weighted by Gasteiger charge is 2.25. The standard InChI is InChI=1S/C21H33N3O4/c1-5-21(2,3)17-8-6-16(7-9-17)12-22-20(27)24-10-11-28-18(14-24)13-23(4)15-19(25)26/h6-9,18H,5,10-15H2,1-4H3,(H,22,27)(H,25,26). The lowest BCUT2D eigenvalue weighted by Gasteiger charge is -2.34. The predicted molar refractivity (Wildman–Crippen MR) is 108 cm³/mol. The summed E-state index contributed by atoms with van der Waals surface area (Å²) in [4.78, 5) is 26.7. The number of carbonyl (C=O) groups excluding carboxylic acids is 1. The third-order valence-electron chi connectivity index (χ3n) is 5.41. The lowest BCUT2D eigenvalue weighted by atomic mass is 9.82. The molecule has 1 fully saturated rings. The van der Waals surface area contributed by atoms with Crippen LogP contribution in [0.25, 0.3) is 0 Å². The van der Waals surface area contributed by atoms with Crippen LogP contribution in [0.4, 0.5) is 4.79 Å². The Labute approximate surface area is 167 Å². The number of morpholine rings is 1. The summed E-state index contributed by atoms with van der Waals surface area (Å²) in [7, 11) is 1.74.